The molecule has 2 aromatic carbocycles. The average molecular weight is 916 g/mol. The second-order valence-electron chi connectivity index (χ2n) is 18.0. The van der Waals surface area contributed by atoms with Gasteiger partial charge in [0.2, 0.25) is 11.8 Å². The summed E-state index contributed by atoms with van der Waals surface area (Å²) in [6.45, 7) is 4.28. The van der Waals surface area contributed by atoms with Gasteiger partial charge in [-0.15, -0.1) is 22.7 Å². The number of aromatic nitrogens is 7. The summed E-state index contributed by atoms with van der Waals surface area (Å²) < 4.78 is 6.78. The van der Waals surface area contributed by atoms with Gasteiger partial charge in [0.25, 0.3) is 0 Å². The fourth-order valence-electron chi connectivity index (χ4n) is 10.0. The zero-order valence-corrected chi connectivity index (χ0v) is 39.2. The van der Waals surface area contributed by atoms with E-state index in [-0.39, 0.29) is 29.6 Å². The number of hydrogen-bond donors (Lipinski definition) is 3. The van der Waals surface area contributed by atoms with Crippen LogP contribution in [0, 0.1) is 25.7 Å². The Morgan fingerprint density at radius 3 is 1.62 bits per heavy atom. The third-order valence-electron chi connectivity index (χ3n) is 13.4. The molecule has 0 spiro atoms. The maximum atomic E-state index is 12.8. The molecule has 2 fully saturated rings. The zero-order chi connectivity index (χ0) is 45.6. The van der Waals surface area contributed by atoms with E-state index in [0.29, 0.717) is 17.6 Å². The lowest BCUT2D eigenvalue weighted by Crippen LogP contribution is -2.32. The molecule has 9 aromatic rings. The van der Waals surface area contributed by atoms with Crippen molar-refractivity contribution in [3.05, 3.63) is 121 Å². The number of pyridine rings is 1. The quantitative estimate of drug-likeness (QED) is 0.141. The van der Waals surface area contributed by atoms with Gasteiger partial charge in [0.1, 0.15) is 45.7 Å². The normalized spacial score (nSPS) is 18.7. The average Bonchev–Trinajstić information content (AvgIpc) is 4.14. The molecule has 0 unspecified atom stereocenters. The molecule has 0 atom stereocenters. The molecular weight excluding hydrogens is 863 g/mol. The van der Waals surface area contributed by atoms with Crippen LogP contribution in [0.4, 0.5) is 17.3 Å². The van der Waals surface area contributed by atoms with Crippen LogP contribution in [-0.4, -0.2) is 64.5 Å². The van der Waals surface area contributed by atoms with Gasteiger partial charge in [-0.25, -0.2) is 19.9 Å². The van der Waals surface area contributed by atoms with Crippen LogP contribution in [-0.2, 0) is 9.59 Å². The van der Waals surface area contributed by atoms with Gasteiger partial charge in [-0.3, -0.25) is 23.4 Å². The summed E-state index contributed by atoms with van der Waals surface area (Å²) in [4.78, 5) is 52.2. The summed E-state index contributed by atoms with van der Waals surface area (Å²) in [6, 6.07) is 20.8. The number of hydrogen-bond acceptors (Lipinski definition) is 11. The molecular formula is C51H53N11O2S2. The molecule has 0 bridgehead atoms. The van der Waals surface area contributed by atoms with E-state index in [0.717, 1.165) is 101 Å². The number of benzene rings is 2. The molecule has 66 heavy (non-hydrogen) atoms. The van der Waals surface area contributed by atoms with E-state index < -0.39 is 0 Å². The fraction of sp³-hybridized carbons (Fsp3) is 0.314. The molecule has 5 N–H and O–H groups in total. The largest absolute Gasteiger partial charge is 0.382 e. The van der Waals surface area contributed by atoms with E-state index in [1.165, 1.54) is 31.3 Å². The first kappa shape index (κ1) is 43.2. The van der Waals surface area contributed by atoms with E-state index >= 15 is 0 Å². The summed E-state index contributed by atoms with van der Waals surface area (Å²) >= 11 is 3.51. The topological polar surface area (TPSA) is 175 Å². The van der Waals surface area contributed by atoms with E-state index in [9.17, 15) is 9.59 Å². The van der Waals surface area contributed by atoms with Crippen molar-refractivity contribution in [1.82, 2.24) is 38.6 Å². The van der Waals surface area contributed by atoms with Crippen molar-refractivity contribution in [3.63, 3.8) is 0 Å². The molecule has 7 heterocycles. The Balaban J connectivity index is 0.000000156. The van der Waals surface area contributed by atoms with E-state index in [2.05, 4.69) is 91.4 Å². The lowest BCUT2D eigenvalue weighted by atomic mass is 9.81. The maximum absolute atomic E-state index is 12.8. The Bertz CT molecular complexity index is 3240. The van der Waals surface area contributed by atoms with Gasteiger partial charge < -0.3 is 21.7 Å². The highest BCUT2D eigenvalue weighted by atomic mass is 32.1. The number of nitrogen functional groups attached to an aromatic ring is 2. The zero-order valence-electron chi connectivity index (χ0n) is 37.6. The molecule has 2 amide bonds. The standard InChI is InChI=1S/C27H26N6OS.C24H27N5OS/c1-16-4-2-5-19-14-21(35-24(16)19)22-23-25(28)30-12-13-33(23)26(32-22)17-7-9-18(10-8-17)27(34)31-20-6-3-11-29-15-20;1-14-5-4-6-17-13-18(31-21(14)17)19-20-22(25)26-11-12-29(20)23(27-19)15-7-9-16(10-8-15)24(30)28(2)3/h2-6,11-15,17-18H,7-10H2,1H3,(H2,28,30)(H,31,34);4-6,11-13,15-16H,7-10H2,1-3H3,(H2,25,26). The number of anilines is 3. The third-order valence-corrected chi connectivity index (χ3v) is 16.0. The second kappa shape index (κ2) is 17.9. The van der Waals surface area contributed by atoms with E-state index in [4.69, 9.17) is 21.4 Å². The van der Waals surface area contributed by atoms with Crippen molar-refractivity contribution in [2.75, 3.05) is 30.9 Å². The number of aryl methyl sites for hydroxylation is 2. The predicted octanol–water partition coefficient (Wildman–Crippen LogP) is 10.7. The van der Waals surface area contributed by atoms with Crippen molar-refractivity contribution in [1.29, 1.82) is 0 Å². The number of fused-ring (bicyclic) bond motifs is 4. The summed E-state index contributed by atoms with van der Waals surface area (Å²) in [7, 11) is 3.68. The highest BCUT2D eigenvalue weighted by molar-refractivity contribution is 7.22. The number of nitrogens with two attached hydrogens (primary N) is 2. The van der Waals surface area contributed by atoms with Crippen LogP contribution < -0.4 is 16.8 Å². The molecule has 11 rings (SSSR count). The van der Waals surface area contributed by atoms with Crippen molar-refractivity contribution in [2.24, 2.45) is 11.8 Å². The number of carbonyl (C=O) groups is 2. The smallest absolute Gasteiger partial charge is 0.227 e. The monoisotopic (exact) mass is 915 g/mol. The number of nitrogens with one attached hydrogen (secondary N) is 1. The number of carbonyl (C=O) groups excluding carboxylic acids is 2. The van der Waals surface area contributed by atoms with Gasteiger partial charge >= 0.3 is 0 Å². The molecule has 336 valence electrons. The van der Waals surface area contributed by atoms with Gasteiger partial charge in [-0.1, -0.05) is 36.4 Å². The Morgan fingerprint density at radius 1 is 0.667 bits per heavy atom. The first-order valence-corrected chi connectivity index (χ1v) is 24.3. The van der Waals surface area contributed by atoms with Crippen LogP contribution in [0.25, 0.3) is 52.3 Å². The number of imidazole rings is 2. The van der Waals surface area contributed by atoms with Crippen LogP contribution in [0.5, 0.6) is 0 Å². The lowest BCUT2D eigenvalue weighted by Gasteiger charge is -2.28. The van der Waals surface area contributed by atoms with E-state index in [1.807, 2.05) is 38.6 Å². The number of nitrogens with zero attached hydrogens (tertiary/aromatic N) is 8. The summed E-state index contributed by atoms with van der Waals surface area (Å²) in [6.07, 6.45) is 17.9. The highest BCUT2D eigenvalue weighted by Gasteiger charge is 2.33. The van der Waals surface area contributed by atoms with Crippen LogP contribution >= 0.6 is 22.7 Å². The summed E-state index contributed by atoms with van der Waals surface area (Å²) in [5.41, 5.74) is 19.5. The second-order valence-corrected chi connectivity index (χ2v) is 20.1. The number of thiophene rings is 2. The molecule has 2 aliphatic rings. The molecule has 7 aromatic heterocycles. The maximum Gasteiger partial charge on any atom is 0.227 e. The first-order chi connectivity index (χ1) is 32.0. The van der Waals surface area contributed by atoms with Crippen molar-refractivity contribution < 1.29 is 9.59 Å². The molecule has 2 aliphatic carbocycles. The number of rotatable bonds is 7. The lowest BCUT2D eigenvalue weighted by molar-refractivity contribution is -0.134. The minimum absolute atomic E-state index is 0.00513. The van der Waals surface area contributed by atoms with Gasteiger partial charge in [0.15, 0.2) is 0 Å². The minimum atomic E-state index is -0.00513. The number of amides is 2. The van der Waals surface area contributed by atoms with Crippen molar-refractivity contribution in [3.8, 4) is 21.1 Å². The third kappa shape index (κ3) is 8.14. The predicted molar refractivity (Wildman–Crippen MR) is 267 cm³/mol. The highest BCUT2D eigenvalue weighted by Crippen LogP contribution is 2.44. The molecule has 0 saturated heterocycles. The van der Waals surface area contributed by atoms with Gasteiger partial charge in [-0.05, 0) is 111 Å². The van der Waals surface area contributed by atoms with Crippen LogP contribution in [0.3, 0.4) is 0 Å². The first-order valence-electron chi connectivity index (χ1n) is 22.7. The van der Waals surface area contributed by atoms with E-state index in [1.54, 1.807) is 52.4 Å². The molecule has 13 nitrogen and oxygen atoms in total. The minimum Gasteiger partial charge on any atom is -0.382 e. The Hall–Kier alpha value is -6.71. The SMILES string of the molecule is Cc1cccc2cc(-c3nc(C4CCC(C(=O)N(C)C)CC4)n4ccnc(N)c34)sc12.Cc1cccc2cc(-c3nc(C4CCC(C(=O)Nc5cccnc5)CC4)n4ccnc(N)c34)sc12. The molecule has 2 saturated carbocycles. The molecule has 0 aliphatic heterocycles. The van der Waals surface area contributed by atoms with Crippen LogP contribution in [0.2, 0.25) is 0 Å². The van der Waals surface area contributed by atoms with Gasteiger partial charge in [-0.2, -0.15) is 0 Å². The summed E-state index contributed by atoms with van der Waals surface area (Å²) in [5, 5.41) is 5.45. The molecule has 15 heteroatoms. The Kier molecular flexibility index (Phi) is 11.7. The van der Waals surface area contributed by atoms with Crippen LogP contribution in [0.1, 0.15) is 86.0 Å². The Labute approximate surface area is 391 Å². The Morgan fingerprint density at radius 2 is 1.17 bits per heavy atom. The van der Waals surface area contributed by atoms with Gasteiger partial charge in [0.05, 0.1) is 21.6 Å². The van der Waals surface area contributed by atoms with Crippen molar-refractivity contribution >= 4 is 83.0 Å². The summed E-state index contributed by atoms with van der Waals surface area (Å²) in [5.74, 6) is 4.02. The fourth-order valence-corrected chi connectivity index (χ4v) is 12.2. The van der Waals surface area contributed by atoms with Crippen LogP contribution in [0.15, 0.2) is 97.8 Å². The van der Waals surface area contributed by atoms with Gasteiger partial charge in [0, 0.05) is 78.2 Å². The van der Waals surface area contributed by atoms with Crippen molar-refractivity contribution in [2.45, 2.75) is 77.0 Å². The molecule has 0 radical (unpaired) electrons.